The van der Waals surface area contributed by atoms with Gasteiger partial charge >= 0.3 is 0 Å². The van der Waals surface area contributed by atoms with Gasteiger partial charge in [-0.25, -0.2) is 0 Å². The molecule has 0 bridgehead atoms. The van der Waals surface area contributed by atoms with Crippen LogP contribution in [0.4, 0.5) is 23.5 Å². The molecule has 2 aromatic rings. The van der Waals surface area contributed by atoms with E-state index in [1.165, 1.54) is 0 Å². The minimum atomic E-state index is -0.477. The van der Waals surface area contributed by atoms with Gasteiger partial charge in [0.15, 0.2) is 0 Å². The Morgan fingerprint density at radius 2 is 2.04 bits per heavy atom. The van der Waals surface area contributed by atoms with Gasteiger partial charge in [0.05, 0.1) is 0 Å². The highest BCUT2D eigenvalue weighted by atomic mass is 16.1. The molecule has 3 rings (SSSR count). The highest BCUT2D eigenvalue weighted by Gasteiger charge is 2.18. The number of primary amides is 1. The van der Waals surface area contributed by atoms with Crippen molar-refractivity contribution in [2.45, 2.75) is 39.3 Å². The summed E-state index contributed by atoms with van der Waals surface area (Å²) in [5.74, 6) is 1.03. The standard InChI is InChI=1S/C19H28N8O/c1-11(2)27(4)19-25-17(22-14-7-8-21-10-14)24-18(26-19)23-15-9-13(16(20)28)6-5-12(15)3/h5-6,9,11,14,21H,7-8,10H2,1-4H3,(H2,20,28)(H2,22,23,24,25,26)/t14-/m0/s1. The van der Waals surface area contributed by atoms with Gasteiger partial charge in [-0.3, -0.25) is 4.79 Å². The predicted molar refractivity (Wildman–Crippen MR) is 111 cm³/mol. The number of benzene rings is 1. The maximum absolute atomic E-state index is 11.5. The van der Waals surface area contributed by atoms with Crippen molar-refractivity contribution in [3.05, 3.63) is 29.3 Å². The van der Waals surface area contributed by atoms with Gasteiger partial charge in [-0.05, 0) is 51.4 Å². The molecule has 0 saturated carbocycles. The fourth-order valence-electron chi connectivity index (χ4n) is 2.86. The van der Waals surface area contributed by atoms with Gasteiger partial charge in [-0.1, -0.05) is 6.07 Å². The Hall–Kier alpha value is -2.94. The van der Waals surface area contributed by atoms with Crippen LogP contribution in [0.25, 0.3) is 0 Å². The first-order valence-electron chi connectivity index (χ1n) is 9.47. The van der Waals surface area contributed by atoms with E-state index in [0.29, 0.717) is 23.4 Å². The van der Waals surface area contributed by atoms with Gasteiger partial charge in [0.1, 0.15) is 0 Å². The maximum Gasteiger partial charge on any atom is 0.248 e. The third-order valence-electron chi connectivity index (χ3n) is 4.88. The van der Waals surface area contributed by atoms with Crippen molar-refractivity contribution in [1.82, 2.24) is 20.3 Å². The Labute approximate surface area is 165 Å². The minimum Gasteiger partial charge on any atom is -0.366 e. The molecule has 28 heavy (non-hydrogen) atoms. The molecule has 1 fully saturated rings. The molecule has 0 spiro atoms. The predicted octanol–water partition coefficient (Wildman–Crippen LogP) is 1.64. The summed E-state index contributed by atoms with van der Waals surface area (Å²) in [6.45, 7) is 7.95. The van der Waals surface area contributed by atoms with E-state index >= 15 is 0 Å². The molecule has 1 aliphatic heterocycles. The summed E-state index contributed by atoms with van der Waals surface area (Å²) < 4.78 is 0. The van der Waals surface area contributed by atoms with Crippen LogP contribution in [0.3, 0.4) is 0 Å². The number of hydrogen-bond acceptors (Lipinski definition) is 8. The topological polar surface area (TPSA) is 121 Å². The minimum absolute atomic E-state index is 0.233. The first-order valence-corrected chi connectivity index (χ1v) is 9.47. The number of carbonyl (C=O) groups is 1. The second-order valence-corrected chi connectivity index (χ2v) is 7.34. The summed E-state index contributed by atoms with van der Waals surface area (Å²) in [7, 11) is 1.95. The smallest absolute Gasteiger partial charge is 0.248 e. The Bertz CT molecular complexity index is 848. The maximum atomic E-state index is 11.5. The van der Waals surface area contributed by atoms with Gasteiger partial charge in [-0.15, -0.1) is 0 Å². The summed E-state index contributed by atoms with van der Waals surface area (Å²) in [6, 6.07) is 5.77. The molecule has 2 heterocycles. The molecule has 5 N–H and O–H groups in total. The summed E-state index contributed by atoms with van der Waals surface area (Å²) in [4.78, 5) is 27.2. The van der Waals surface area contributed by atoms with Gasteiger partial charge in [-0.2, -0.15) is 15.0 Å². The zero-order valence-electron chi connectivity index (χ0n) is 16.8. The molecule has 9 heteroatoms. The zero-order chi connectivity index (χ0) is 20.3. The van der Waals surface area contributed by atoms with Crippen molar-refractivity contribution >= 4 is 29.4 Å². The summed E-state index contributed by atoms with van der Waals surface area (Å²) in [5.41, 5.74) is 7.52. The molecule has 0 radical (unpaired) electrons. The van der Waals surface area contributed by atoms with Crippen LogP contribution in [-0.4, -0.2) is 53.1 Å². The second kappa shape index (κ2) is 8.39. The van der Waals surface area contributed by atoms with Crippen LogP contribution >= 0.6 is 0 Å². The average molecular weight is 384 g/mol. The number of nitrogens with two attached hydrogens (primary N) is 1. The number of aryl methyl sites for hydroxylation is 1. The molecule has 9 nitrogen and oxygen atoms in total. The lowest BCUT2D eigenvalue weighted by Crippen LogP contribution is -2.29. The Morgan fingerprint density at radius 1 is 1.29 bits per heavy atom. The first-order chi connectivity index (χ1) is 13.3. The SMILES string of the molecule is Cc1ccc(C(N)=O)cc1Nc1nc(N[C@H]2CCNC2)nc(N(C)C(C)C)n1. The lowest BCUT2D eigenvalue weighted by Gasteiger charge is -2.23. The average Bonchev–Trinajstić information content (AvgIpc) is 3.15. The van der Waals surface area contributed by atoms with E-state index in [2.05, 4.69) is 44.7 Å². The number of nitrogens with zero attached hydrogens (tertiary/aromatic N) is 4. The molecule has 1 atom stereocenters. The molecular formula is C19H28N8O. The van der Waals surface area contributed by atoms with Gasteiger partial charge < -0.3 is 26.6 Å². The van der Waals surface area contributed by atoms with Crippen LogP contribution in [-0.2, 0) is 0 Å². The van der Waals surface area contributed by atoms with E-state index in [0.717, 1.165) is 30.8 Å². The van der Waals surface area contributed by atoms with Gasteiger partial charge in [0.25, 0.3) is 0 Å². The van der Waals surface area contributed by atoms with Crippen molar-refractivity contribution in [2.24, 2.45) is 5.73 Å². The van der Waals surface area contributed by atoms with Crippen LogP contribution < -0.4 is 26.6 Å². The number of nitrogens with one attached hydrogen (secondary N) is 3. The summed E-state index contributed by atoms with van der Waals surface area (Å²) in [5, 5.41) is 9.92. The Morgan fingerprint density at radius 3 is 2.68 bits per heavy atom. The fraction of sp³-hybridized carbons (Fsp3) is 0.474. The monoisotopic (exact) mass is 384 g/mol. The van der Waals surface area contributed by atoms with E-state index < -0.39 is 5.91 Å². The van der Waals surface area contributed by atoms with Gasteiger partial charge in [0.2, 0.25) is 23.8 Å². The van der Waals surface area contributed by atoms with Crippen molar-refractivity contribution < 1.29 is 4.79 Å². The van der Waals surface area contributed by atoms with Crippen molar-refractivity contribution in [1.29, 1.82) is 0 Å². The van der Waals surface area contributed by atoms with Crippen molar-refractivity contribution in [3.8, 4) is 0 Å². The van der Waals surface area contributed by atoms with Crippen molar-refractivity contribution in [3.63, 3.8) is 0 Å². The van der Waals surface area contributed by atoms with Gasteiger partial charge in [0, 0.05) is 36.9 Å². The molecule has 0 aliphatic carbocycles. The molecular weight excluding hydrogens is 356 g/mol. The Balaban J connectivity index is 1.93. The third kappa shape index (κ3) is 4.66. The molecule has 0 unspecified atom stereocenters. The molecule has 1 aliphatic rings. The first kappa shape index (κ1) is 19.8. The number of hydrogen-bond donors (Lipinski definition) is 4. The molecule has 1 aromatic heterocycles. The van der Waals surface area contributed by atoms with Crippen LogP contribution in [0.5, 0.6) is 0 Å². The Kier molecular flexibility index (Phi) is 5.93. The quantitative estimate of drug-likeness (QED) is 0.568. The van der Waals surface area contributed by atoms with E-state index in [1.54, 1.807) is 12.1 Å². The van der Waals surface area contributed by atoms with E-state index in [4.69, 9.17) is 5.73 Å². The highest BCUT2D eigenvalue weighted by Crippen LogP contribution is 2.23. The lowest BCUT2D eigenvalue weighted by molar-refractivity contribution is 0.100. The number of anilines is 4. The molecule has 1 aromatic carbocycles. The third-order valence-corrected chi connectivity index (χ3v) is 4.88. The number of amides is 1. The van der Waals surface area contributed by atoms with E-state index in [1.807, 2.05) is 24.9 Å². The number of carbonyl (C=O) groups excluding carboxylic acids is 1. The largest absolute Gasteiger partial charge is 0.366 e. The number of rotatable bonds is 7. The highest BCUT2D eigenvalue weighted by molar-refractivity contribution is 5.94. The lowest BCUT2D eigenvalue weighted by atomic mass is 10.1. The summed E-state index contributed by atoms with van der Waals surface area (Å²) in [6.07, 6.45) is 1.02. The van der Waals surface area contributed by atoms with Crippen LogP contribution in [0.15, 0.2) is 18.2 Å². The van der Waals surface area contributed by atoms with Crippen LogP contribution in [0, 0.1) is 6.92 Å². The number of aromatic nitrogens is 3. The van der Waals surface area contributed by atoms with Crippen LogP contribution in [0.1, 0.15) is 36.2 Å². The second-order valence-electron chi connectivity index (χ2n) is 7.34. The molecule has 150 valence electrons. The molecule has 1 amide bonds. The summed E-state index contributed by atoms with van der Waals surface area (Å²) >= 11 is 0. The normalized spacial score (nSPS) is 16.2. The molecule has 1 saturated heterocycles. The van der Waals surface area contributed by atoms with E-state index in [9.17, 15) is 4.79 Å². The van der Waals surface area contributed by atoms with Crippen LogP contribution in [0.2, 0.25) is 0 Å². The fourth-order valence-corrected chi connectivity index (χ4v) is 2.86. The van der Waals surface area contributed by atoms with E-state index in [-0.39, 0.29) is 12.1 Å². The van der Waals surface area contributed by atoms with Crippen molar-refractivity contribution in [2.75, 3.05) is 35.7 Å². The zero-order valence-corrected chi connectivity index (χ0v) is 16.8.